The highest BCUT2D eigenvalue weighted by Crippen LogP contribution is 2.38. The molecule has 0 aliphatic carbocycles. The monoisotopic (exact) mass is 949 g/mol. The Balaban J connectivity index is 1.89. The molecule has 0 saturated carbocycles. The van der Waals surface area contributed by atoms with E-state index >= 15 is 0 Å². The molecule has 20 nitrogen and oxygen atoms in total. The van der Waals surface area contributed by atoms with Gasteiger partial charge in [-0.15, -0.1) is 0 Å². The number of carbonyl (C=O) groups excluding carboxylic acids is 1. The molecule has 0 aromatic carbocycles. The molecule has 11 N–H and O–H groups in total. The van der Waals surface area contributed by atoms with Crippen molar-refractivity contribution in [2.75, 3.05) is 0 Å². The van der Waals surface area contributed by atoms with E-state index in [9.17, 15) is 65.8 Å². The molecule has 0 amide bonds. The van der Waals surface area contributed by atoms with Crippen LogP contribution in [0.1, 0.15) is 79.1 Å². The first-order chi connectivity index (χ1) is 31.7. The fraction of sp³-hybridized carbons (Fsp3) is 0.660. The number of aliphatic carboxylic acids is 1. The topological polar surface area (TPSA) is 342 Å². The summed E-state index contributed by atoms with van der Waals surface area (Å²) < 4.78 is 23.1. The smallest absolute Gasteiger partial charge is 0.311 e. The van der Waals surface area contributed by atoms with Crippen LogP contribution in [0, 0.1) is 17.8 Å². The van der Waals surface area contributed by atoms with Crippen LogP contribution in [0.15, 0.2) is 90.2 Å². The summed E-state index contributed by atoms with van der Waals surface area (Å²) in [5, 5.41) is 122. The van der Waals surface area contributed by atoms with Gasteiger partial charge < -0.3 is 75.1 Å². The predicted octanol–water partition coefficient (Wildman–Crippen LogP) is 2.06. The van der Waals surface area contributed by atoms with E-state index in [-0.39, 0.29) is 31.6 Å². The number of carboxylic acid groups (broad SMARTS) is 1. The summed E-state index contributed by atoms with van der Waals surface area (Å²) in [6.45, 7) is 6.65. The number of hydrogen-bond acceptors (Lipinski definition) is 17. The van der Waals surface area contributed by atoms with Crippen LogP contribution in [0.2, 0.25) is 0 Å². The highest BCUT2D eigenvalue weighted by atomic mass is 16.7. The van der Waals surface area contributed by atoms with Gasteiger partial charge in [0.05, 0.1) is 79.6 Å². The number of esters is 1. The van der Waals surface area contributed by atoms with Gasteiger partial charge in [0, 0.05) is 42.4 Å². The predicted molar refractivity (Wildman–Crippen MR) is 242 cm³/mol. The van der Waals surface area contributed by atoms with Crippen LogP contribution in [-0.2, 0) is 28.5 Å². The van der Waals surface area contributed by atoms with Gasteiger partial charge >= 0.3 is 11.9 Å². The van der Waals surface area contributed by atoms with Crippen molar-refractivity contribution in [3.05, 3.63) is 95.5 Å². The minimum atomic E-state index is -2.36. The number of hydrogen-bond donors (Lipinski definition) is 11. The van der Waals surface area contributed by atoms with Crippen LogP contribution >= 0.6 is 0 Å². The number of aliphatic hydroxyl groups excluding tert-OH is 9. The molecule has 0 aromatic rings. The lowest BCUT2D eigenvalue weighted by molar-refractivity contribution is -0.308. The summed E-state index contributed by atoms with van der Waals surface area (Å²) in [6.07, 6.45) is 2.10. The van der Waals surface area contributed by atoms with E-state index in [1.165, 1.54) is 13.0 Å². The van der Waals surface area contributed by atoms with Gasteiger partial charge in [0.25, 0.3) is 0 Å². The number of allylic oxidation sites excluding steroid dienone is 12. The minimum absolute atomic E-state index is 0.121. The molecule has 0 spiro atoms. The molecule has 2 fully saturated rings. The maximum atomic E-state index is 12.6. The van der Waals surface area contributed by atoms with Crippen molar-refractivity contribution in [3.63, 3.8) is 0 Å². The van der Waals surface area contributed by atoms with Crippen molar-refractivity contribution < 1.29 is 84.7 Å². The fourth-order valence-corrected chi connectivity index (χ4v) is 8.11. The van der Waals surface area contributed by atoms with Gasteiger partial charge in [-0.2, -0.15) is 0 Å². The van der Waals surface area contributed by atoms with Crippen molar-refractivity contribution >= 4 is 11.9 Å². The number of aliphatic hydroxyl groups is 10. The lowest BCUT2D eigenvalue weighted by atomic mass is 9.82. The Morgan fingerprint density at radius 3 is 1.87 bits per heavy atom. The zero-order valence-electron chi connectivity index (χ0n) is 38.3. The van der Waals surface area contributed by atoms with E-state index in [0.717, 1.165) is 0 Å². The summed E-state index contributed by atoms with van der Waals surface area (Å²) in [5.74, 6) is -6.97. The minimum Gasteiger partial charge on any atom is -0.481 e. The van der Waals surface area contributed by atoms with Gasteiger partial charge in [0.2, 0.25) is 0 Å². The zero-order valence-corrected chi connectivity index (χ0v) is 38.3. The average molecular weight is 950 g/mol. The molecular weight excluding hydrogens is 879 g/mol. The molecule has 2 saturated heterocycles. The average Bonchev–Trinajstić information content (AvgIpc) is 3.24. The van der Waals surface area contributed by atoms with Gasteiger partial charge in [-0.25, -0.2) is 0 Å². The Labute approximate surface area is 390 Å². The Hall–Kier alpha value is -4.09. The summed E-state index contributed by atoms with van der Waals surface area (Å²) in [5.41, 5.74) is 9.06. The fourth-order valence-electron chi connectivity index (χ4n) is 8.11. The normalized spacial score (nSPS) is 44.3. The van der Waals surface area contributed by atoms with Crippen LogP contribution in [0.25, 0.3) is 10.4 Å². The maximum Gasteiger partial charge on any atom is 0.311 e. The van der Waals surface area contributed by atoms with E-state index in [1.54, 1.807) is 86.8 Å². The van der Waals surface area contributed by atoms with Crippen molar-refractivity contribution in [1.82, 2.24) is 0 Å². The first kappa shape index (κ1) is 57.2. The van der Waals surface area contributed by atoms with Crippen LogP contribution in [0.4, 0.5) is 0 Å². The number of carbonyl (C=O) groups is 2. The van der Waals surface area contributed by atoms with E-state index in [2.05, 4.69) is 10.0 Å². The third-order valence-corrected chi connectivity index (χ3v) is 12.1. The SMILES string of the molecule is C[C@@H]1[C@H](O)[C@@H](C)/C=C/C=C/C=C/C=C/C=C/C=C/C=C/[C@H](OC2O[C@H](C)[C@@H](O)[C@H](N=[N+]=[N-])C2O)C[C@@H]2OC(O)(CC(O)C[C@@H](O)C(O)CCC(O)C[C@@H](O)CC(=O)O[C@H]1C)C[C@H](O)[C@H]2C(=O)O. The molecule has 3 heterocycles. The van der Waals surface area contributed by atoms with E-state index in [0.29, 0.717) is 0 Å². The molecule has 376 valence electrons. The largest absolute Gasteiger partial charge is 0.481 e. The molecule has 3 aliphatic heterocycles. The number of carboxylic acids is 1. The number of rotatable bonds is 4. The van der Waals surface area contributed by atoms with Crippen molar-refractivity contribution in [2.45, 2.75) is 177 Å². The first-order valence-electron chi connectivity index (χ1n) is 22.6. The Bertz CT molecular complexity index is 1800. The highest BCUT2D eigenvalue weighted by Gasteiger charge is 2.51. The summed E-state index contributed by atoms with van der Waals surface area (Å²) in [7, 11) is 0. The standard InChI is InChI=1S/C47H71N3O17/c1-27-17-15-13-11-9-7-5-6-8-10-12-14-16-18-34(66-46-44(60)41(49-50-48)43(59)30(4)65-46)24-38-40(45(61)62)37(56)26-47(63,67-38)25-33(53)22-36(55)35(54)20-19-31(51)21-32(52)23-39(57)64-29(3)28(2)42(27)58/h5-18,27-38,40-44,46,51-56,58-60,63H,19-26H2,1-4H3,(H,61,62)/b6-5+,9-7+,10-8+,13-11+,14-12+,17-15+,18-16+/t27-,28-,29-,30+,31?,32+,33?,34-,35?,36+,37-,38-,40+,41-,42+,43+,44?,46?,47?/m0/s1. The van der Waals surface area contributed by atoms with Gasteiger partial charge in [-0.3, -0.25) is 9.59 Å². The number of nitrogens with zero attached hydrogens (tertiary/aromatic N) is 3. The van der Waals surface area contributed by atoms with Crippen LogP contribution in [0.5, 0.6) is 0 Å². The van der Waals surface area contributed by atoms with Crippen LogP contribution in [-0.4, -0.2) is 166 Å². The van der Waals surface area contributed by atoms with Crippen LogP contribution in [0.3, 0.4) is 0 Å². The lowest BCUT2D eigenvalue weighted by Gasteiger charge is -2.45. The molecule has 19 atom stereocenters. The summed E-state index contributed by atoms with van der Waals surface area (Å²) >= 11 is 0. The van der Waals surface area contributed by atoms with Crippen molar-refractivity contribution in [3.8, 4) is 0 Å². The Morgan fingerprint density at radius 2 is 1.28 bits per heavy atom. The molecule has 2 bridgehead atoms. The van der Waals surface area contributed by atoms with Crippen molar-refractivity contribution in [2.24, 2.45) is 22.9 Å². The molecule has 6 unspecified atom stereocenters. The van der Waals surface area contributed by atoms with Gasteiger partial charge in [0.1, 0.15) is 18.1 Å². The number of azide groups is 1. The second-order valence-electron chi connectivity index (χ2n) is 17.7. The molecule has 20 heteroatoms. The second-order valence-corrected chi connectivity index (χ2v) is 17.7. The maximum absolute atomic E-state index is 12.6. The van der Waals surface area contributed by atoms with E-state index < -0.39 is 147 Å². The number of fused-ring (bicyclic) bond motifs is 2. The third kappa shape index (κ3) is 19.1. The quantitative estimate of drug-likeness (QED) is 0.0831. The molecular formula is C47H71N3O17. The van der Waals surface area contributed by atoms with Gasteiger partial charge in [-0.1, -0.05) is 104 Å². The molecule has 3 aliphatic rings. The van der Waals surface area contributed by atoms with Gasteiger partial charge in [0.15, 0.2) is 12.1 Å². The second kappa shape index (κ2) is 28.4. The van der Waals surface area contributed by atoms with Crippen molar-refractivity contribution in [1.29, 1.82) is 0 Å². The summed E-state index contributed by atoms with van der Waals surface area (Å²) in [6, 6.07) is -1.38. The first-order valence-corrected chi connectivity index (χ1v) is 22.6. The molecule has 67 heavy (non-hydrogen) atoms. The zero-order chi connectivity index (χ0) is 49.8. The van der Waals surface area contributed by atoms with Gasteiger partial charge in [-0.05, 0) is 38.6 Å². The lowest BCUT2D eigenvalue weighted by Crippen LogP contribution is -2.58. The Morgan fingerprint density at radius 1 is 0.701 bits per heavy atom. The van der Waals surface area contributed by atoms with E-state index in [4.69, 9.17) is 24.5 Å². The highest BCUT2D eigenvalue weighted by molar-refractivity contribution is 5.71. The molecule has 3 rings (SSSR count). The molecule has 0 aromatic heterocycles. The third-order valence-electron chi connectivity index (χ3n) is 12.1. The number of ether oxygens (including phenoxy) is 4. The molecule has 0 radical (unpaired) electrons. The Kier molecular flexibility index (Phi) is 24.3. The van der Waals surface area contributed by atoms with Crippen LogP contribution < -0.4 is 0 Å². The number of cyclic esters (lactones) is 1. The van der Waals surface area contributed by atoms with E-state index in [1.807, 2.05) is 13.0 Å². The summed E-state index contributed by atoms with van der Waals surface area (Å²) in [4.78, 5) is 27.8.